The molecule has 3 rings (SSSR count). The smallest absolute Gasteiger partial charge is 0.236 e. The Hall–Kier alpha value is -0.950. The number of thiophene rings is 1. The van der Waals surface area contributed by atoms with Crippen molar-refractivity contribution in [3.63, 3.8) is 0 Å². The number of amides is 1. The number of hydrogen-bond acceptors (Lipinski definition) is 5. The van der Waals surface area contributed by atoms with Crippen LogP contribution in [0.1, 0.15) is 17.7 Å². The summed E-state index contributed by atoms with van der Waals surface area (Å²) in [5.74, 6) is 0.965. The van der Waals surface area contributed by atoms with E-state index in [0.717, 1.165) is 45.2 Å². The number of rotatable bonds is 8. The topological polar surface area (TPSA) is 47.0 Å². The van der Waals surface area contributed by atoms with Crippen molar-refractivity contribution >= 4 is 17.2 Å². The third-order valence-corrected chi connectivity index (χ3v) is 5.53. The zero-order valence-corrected chi connectivity index (χ0v) is 14.5. The first kappa shape index (κ1) is 16.9. The second kappa shape index (κ2) is 8.24. The molecule has 6 heteroatoms. The van der Waals surface area contributed by atoms with E-state index in [1.54, 1.807) is 11.3 Å². The highest BCUT2D eigenvalue weighted by atomic mass is 32.1. The zero-order chi connectivity index (χ0) is 16.1. The van der Waals surface area contributed by atoms with E-state index < -0.39 is 0 Å². The van der Waals surface area contributed by atoms with E-state index in [1.807, 2.05) is 4.90 Å². The van der Waals surface area contributed by atoms with Crippen LogP contribution < -0.4 is 0 Å². The molecule has 1 aliphatic carbocycles. The number of carbonyl (C=O) groups excluding carboxylic acids is 1. The standard InChI is InChI=1S/C17H27N3O2S/c21-10-9-19(12-15-3-4-15)14-17(22)20-7-5-18(6-8-20)13-16-2-1-11-23-16/h1-2,11,15,21H,3-10,12-14H2. The highest BCUT2D eigenvalue weighted by Crippen LogP contribution is 2.29. The summed E-state index contributed by atoms with van der Waals surface area (Å²) in [7, 11) is 0. The molecule has 2 fully saturated rings. The Morgan fingerprint density at radius 3 is 2.70 bits per heavy atom. The van der Waals surface area contributed by atoms with Crippen LogP contribution >= 0.6 is 11.3 Å². The molecule has 1 amide bonds. The minimum atomic E-state index is 0.134. The predicted octanol–water partition coefficient (Wildman–Crippen LogP) is 1.10. The summed E-state index contributed by atoms with van der Waals surface area (Å²) in [6, 6.07) is 4.27. The van der Waals surface area contributed by atoms with Crippen molar-refractivity contribution in [3.8, 4) is 0 Å². The van der Waals surface area contributed by atoms with Gasteiger partial charge in [0.1, 0.15) is 0 Å². The summed E-state index contributed by atoms with van der Waals surface area (Å²) in [4.78, 5) is 20.4. The number of aliphatic hydroxyl groups excluding tert-OH is 1. The molecule has 5 nitrogen and oxygen atoms in total. The van der Waals surface area contributed by atoms with Gasteiger partial charge in [0.05, 0.1) is 13.2 Å². The van der Waals surface area contributed by atoms with Crippen LogP contribution in [0.2, 0.25) is 0 Å². The molecule has 1 saturated heterocycles. The second-order valence-electron chi connectivity index (χ2n) is 6.64. The van der Waals surface area contributed by atoms with Gasteiger partial charge in [-0.3, -0.25) is 14.6 Å². The van der Waals surface area contributed by atoms with Gasteiger partial charge in [-0.2, -0.15) is 0 Å². The highest BCUT2D eigenvalue weighted by molar-refractivity contribution is 7.09. The number of aliphatic hydroxyl groups is 1. The molecule has 1 N–H and O–H groups in total. The molecule has 2 aliphatic rings. The fourth-order valence-electron chi connectivity index (χ4n) is 3.11. The summed E-state index contributed by atoms with van der Waals surface area (Å²) in [5, 5.41) is 11.3. The maximum absolute atomic E-state index is 12.5. The first-order chi connectivity index (χ1) is 11.2. The van der Waals surface area contributed by atoms with Crippen molar-refractivity contribution in [1.82, 2.24) is 14.7 Å². The van der Waals surface area contributed by atoms with E-state index in [9.17, 15) is 9.90 Å². The van der Waals surface area contributed by atoms with E-state index in [0.29, 0.717) is 13.1 Å². The van der Waals surface area contributed by atoms with Gasteiger partial charge in [-0.15, -0.1) is 11.3 Å². The molecule has 0 unspecified atom stereocenters. The average Bonchev–Trinajstić information content (AvgIpc) is 3.21. The Balaban J connectivity index is 1.41. The third kappa shape index (κ3) is 5.28. The summed E-state index contributed by atoms with van der Waals surface area (Å²) < 4.78 is 0. The Morgan fingerprint density at radius 1 is 1.30 bits per heavy atom. The molecule has 1 aromatic heterocycles. The number of nitrogens with zero attached hydrogens (tertiary/aromatic N) is 3. The molecule has 0 bridgehead atoms. The molecule has 128 valence electrons. The second-order valence-corrected chi connectivity index (χ2v) is 7.67. The Bertz CT molecular complexity index is 482. The fourth-order valence-corrected chi connectivity index (χ4v) is 3.86. The molecular formula is C17H27N3O2S. The lowest BCUT2D eigenvalue weighted by Crippen LogP contribution is -2.51. The van der Waals surface area contributed by atoms with Crippen LogP contribution in [-0.4, -0.2) is 78.1 Å². The predicted molar refractivity (Wildman–Crippen MR) is 92.4 cm³/mol. The van der Waals surface area contributed by atoms with Gasteiger partial charge in [0.25, 0.3) is 0 Å². The van der Waals surface area contributed by atoms with Crippen molar-refractivity contribution in [1.29, 1.82) is 0 Å². The van der Waals surface area contributed by atoms with Gasteiger partial charge in [0, 0.05) is 50.7 Å². The summed E-state index contributed by atoms with van der Waals surface area (Å²) in [5.41, 5.74) is 0. The lowest BCUT2D eigenvalue weighted by Gasteiger charge is -2.35. The van der Waals surface area contributed by atoms with Crippen LogP contribution in [0.5, 0.6) is 0 Å². The molecule has 0 radical (unpaired) electrons. The van der Waals surface area contributed by atoms with Crippen LogP contribution in [0.3, 0.4) is 0 Å². The van der Waals surface area contributed by atoms with Gasteiger partial charge in [-0.1, -0.05) is 6.07 Å². The maximum Gasteiger partial charge on any atom is 0.236 e. The van der Waals surface area contributed by atoms with Gasteiger partial charge in [0.2, 0.25) is 5.91 Å². The molecule has 1 saturated carbocycles. The molecule has 0 atom stereocenters. The minimum absolute atomic E-state index is 0.134. The van der Waals surface area contributed by atoms with E-state index >= 15 is 0 Å². The van der Waals surface area contributed by atoms with Gasteiger partial charge >= 0.3 is 0 Å². The molecule has 0 aromatic carbocycles. The quantitative estimate of drug-likeness (QED) is 0.772. The van der Waals surface area contributed by atoms with Crippen LogP contribution in [0, 0.1) is 5.92 Å². The zero-order valence-electron chi connectivity index (χ0n) is 13.7. The van der Waals surface area contributed by atoms with E-state index in [-0.39, 0.29) is 12.5 Å². The molecule has 23 heavy (non-hydrogen) atoms. The molecule has 1 aromatic rings. The van der Waals surface area contributed by atoms with Crippen LogP contribution in [0.25, 0.3) is 0 Å². The molecule has 1 aliphatic heterocycles. The Morgan fingerprint density at radius 2 is 2.09 bits per heavy atom. The normalized spacial score (nSPS) is 19.5. The van der Waals surface area contributed by atoms with Crippen molar-refractivity contribution in [2.45, 2.75) is 19.4 Å². The lowest BCUT2D eigenvalue weighted by molar-refractivity contribution is -0.134. The number of piperazine rings is 1. The Kier molecular flexibility index (Phi) is 6.05. The molecule has 0 spiro atoms. The minimum Gasteiger partial charge on any atom is -0.395 e. The van der Waals surface area contributed by atoms with E-state index in [1.165, 1.54) is 17.7 Å². The SMILES string of the molecule is O=C(CN(CCO)CC1CC1)N1CCN(Cc2cccs2)CC1. The highest BCUT2D eigenvalue weighted by Gasteiger charge is 2.27. The van der Waals surface area contributed by atoms with Crippen molar-refractivity contribution < 1.29 is 9.90 Å². The van der Waals surface area contributed by atoms with E-state index in [2.05, 4.69) is 27.3 Å². The van der Waals surface area contributed by atoms with Gasteiger partial charge in [-0.05, 0) is 30.2 Å². The first-order valence-corrected chi connectivity index (χ1v) is 9.48. The van der Waals surface area contributed by atoms with Crippen LogP contribution in [0.4, 0.5) is 0 Å². The summed E-state index contributed by atoms with van der Waals surface area (Å²) >= 11 is 1.80. The van der Waals surface area contributed by atoms with Crippen LogP contribution in [0.15, 0.2) is 17.5 Å². The van der Waals surface area contributed by atoms with Gasteiger partial charge in [-0.25, -0.2) is 0 Å². The van der Waals surface area contributed by atoms with Crippen molar-refractivity contribution in [2.24, 2.45) is 5.92 Å². The van der Waals surface area contributed by atoms with Crippen molar-refractivity contribution in [2.75, 3.05) is 52.4 Å². The van der Waals surface area contributed by atoms with Gasteiger partial charge < -0.3 is 10.0 Å². The summed E-state index contributed by atoms with van der Waals surface area (Å²) in [6.07, 6.45) is 2.55. The molecule has 2 heterocycles. The first-order valence-electron chi connectivity index (χ1n) is 8.60. The van der Waals surface area contributed by atoms with Crippen molar-refractivity contribution in [3.05, 3.63) is 22.4 Å². The number of hydrogen-bond donors (Lipinski definition) is 1. The number of carbonyl (C=O) groups is 1. The fraction of sp³-hybridized carbons (Fsp3) is 0.706. The lowest BCUT2D eigenvalue weighted by atomic mass is 10.2. The Labute approximate surface area is 142 Å². The van der Waals surface area contributed by atoms with E-state index in [4.69, 9.17) is 0 Å². The largest absolute Gasteiger partial charge is 0.395 e. The van der Waals surface area contributed by atoms with Gasteiger partial charge in [0.15, 0.2) is 0 Å². The average molecular weight is 337 g/mol. The third-order valence-electron chi connectivity index (χ3n) is 4.67. The monoisotopic (exact) mass is 337 g/mol. The summed E-state index contributed by atoms with van der Waals surface area (Å²) in [6.45, 7) is 6.71. The van der Waals surface area contributed by atoms with Crippen LogP contribution in [-0.2, 0) is 11.3 Å². The maximum atomic E-state index is 12.5. The molecular weight excluding hydrogens is 310 g/mol.